The van der Waals surface area contributed by atoms with Gasteiger partial charge in [0.2, 0.25) is 10.0 Å². The zero-order chi connectivity index (χ0) is 7.78. The minimum Gasteiger partial charge on any atom is -0.212 e. The summed E-state index contributed by atoms with van der Waals surface area (Å²) in [5.41, 5.74) is 2.11. The third-order valence-electron chi connectivity index (χ3n) is 1.69. The van der Waals surface area contributed by atoms with E-state index in [0.29, 0.717) is 6.54 Å². The second kappa shape index (κ2) is 2.36. The first-order valence-electron chi connectivity index (χ1n) is 3.14. The molecule has 0 spiro atoms. The summed E-state index contributed by atoms with van der Waals surface area (Å²) in [7, 11) is -2.97. The van der Waals surface area contributed by atoms with Crippen LogP contribution in [0.15, 0.2) is 11.1 Å². The number of sulfonamides is 1. The van der Waals surface area contributed by atoms with E-state index in [0.717, 1.165) is 11.1 Å². The van der Waals surface area contributed by atoms with E-state index in [-0.39, 0.29) is 5.75 Å². The predicted molar refractivity (Wildman–Crippen MR) is 40.2 cm³/mol. The first kappa shape index (κ1) is 7.75. The van der Waals surface area contributed by atoms with Crippen LogP contribution in [0.3, 0.4) is 0 Å². The van der Waals surface area contributed by atoms with Crippen LogP contribution in [0.25, 0.3) is 0 Å². The summed E-state index contributed by atoms with van der Waals surface area (Å²) in [4.78, 5) is 0. The molecule has 0 aromatic heterocycles. The van der Waals surface area contributed by atoms with Gasteiger partial charge in [-0.05, 0) is 13.8 Å². The molecular formula is C6H11NO2S. The Balaban J connectivity index is 2.93. The summed E-state index contributed by atoms with van der Waals surface area (Å²) in [6.45, 7) is 4.28. The van der Waals surface area contributed by atoms with E-state index in [4.69, 9.17) is 0 Å². The Hall–Kier alpha value is -0.350. The van der Waals surface area contributed by atoms with Gasteiger partial charge in [0.15, 0.2) is 0 Å². The summed E-state index contributed by atoms with van der Waals surface area (Å²) in [6.07, 6.45) is 0. The molecule has 0 fully saturated rings. The first-order valence-corrected chi connectivity index (χ1v) is 4.79. The van der Waals surface area contributed by atoms with Gasteiger partial charge >= 0.3 is 0 Å². The summed E-state index contributed by atoms with van der Waals surface area (Å²) >= 11 is 0. The SMILES string of the molecule is CC1=C(C)CS(=O)(=O)NC1. The van der Waals surface area contributed by atoms with E-state index < -0.39 is 10.0 Å². The quantitative estimate of drug-likeness (QED) is 0.518. The highest BCUT2D eigenvalue weighted by atomic mass is 32.2. The second-order valence-electron chi connectivity index (χ2n) is 2.64. The normalized spacial score (nSPS) is 25.0. The molecule has 3 nitrogen and oxygen atoms in total. The van der Waals surface area contributed by atoms with Crippen molar-refractivity contribution in [2.45, 2.75) is 13.8 Å². The van der Waals surface area contributed by atoms with Crippen molar-refractivity contribution in [2.24, 2.45) is 0 Å². The second-order valence-corrected chi connectivity index (χ2v) is 4.45. The summed E-state index contributed by atoms with van der Waals surface area (Å²) in [6, 6.07) is 0. The smallest absolute Gasteiger partial charge is 0.212 e. The van der Waals surface area contributed by atoms with Gasteiger partial charge in [0.25, 0.3) is 0 Å². The highest BCUT2D eigenvalue weighted by Gasteiger charge is 2.17. The van der Waals surface area contributed by atoms with Gasteiger partial charge in [0.05, 0.1) is 5.75 Å². The molecule has 0 unspecified atom stereocenters. The lowest BCUT2D eigenvalue weighted by Crippen LogP contribution is -2.33. The maximum absolute atomic E-state index is 10.9. The van der Waals surface area contributed by atoms with Gasteiger partial charge in [-0.2, -0.15) is 0 Å². The molecule has 0 aromatic rings. The lowest BCUT2D eigenvalue weighted by molar-refractivity contribution is 0.583. The van der Waals surface area contributed by atoms with Crippen molar-refractivity contribution >= 4 is 10.0 Å². The van der Waals surface area contributed by atoms with E-state index >= 15 is 0 Å². The van der Waals surface area contributed by atoms with E-state index in [9.17, 15) is 8.42 Å². The van der Waals surface area contributed by atoms with Gasteiger partial charge in [-0.15, -0.1) is 0 Å². The molecule has 0 aromatic carbocycles. The topological polar surface area (TPSA) is 46.2 Å². The van der Waals surface area contributed by atoms with Crippen molar-refractivity contribution in [1.29, 1.82) is 0 Å². The maximum atomic E-state index is 10.9. The molecule has 0 radical (unpaired) electrons. The molecular weight excluding hydrogens is 150 g/mol. The Bertz CT molecular complexity index is 263. The summed E-state index contributed by atoms with van der Waals surface area (Å²) in [5.74, 6) is 0.166. The van der Waals surface area contributed by atoms with Crippen molar-refractivity contribution in [1.82, 2.24) is 4.72 Å². The van der Waals surface area contributed by atoms with E-state index in [2.05, 4.69) is 4.72 Å². The van der Waals surface area contributed by atoms with E-state index in [1.807, 2.05) is 13.8 Å². The minimum absolute atomic E-state index is 0.166. The monoisotopic (exact) mass is 161 g/mol. The summed E-state index contributed by atoms with van der Waals surface area (Å²) < 4.78 is 24.2. The molecule has 0 saturated carbocycles. The average molecular weight is 161 g/mol. The van der Waals surface area contributed by atoms with Crippen molar-refractivity contribution in [2.75, 3.05) is 12.3 Å². The molecule has 58 valence electrons. The van der Waals surface area contributed by atoms with Gasteiger partial charge in [-0.3, -0.25) is 0 Å². The van der Waals surface area contributed by atoms with Crippen LogP contribution in [0.1, 0.15) is 13.8 Å². The Kier molecular flexibility index (Phi) is 1.83. The van der Waals surface area contributed by atoms with Crippen LogP contribution >= 0.6 is 0 Å². The number of nitrogens with one attached hydrogen (secondary N) is 1. The molecule has 4 heteroatoms. The van der Waals surface area contributed by atoms with Gasteiger partial charge in [-0.25, -0.2) is 13.1 Å². The summed E-state index contributed by atoms with van der Waals surface area (Å²) in [5, 5.41) is 0. The first-order chi connectivity index (χ1) is 4.51. The molecule has 1 aliphatic heterocycles. The van der Waals surface area contributed by atoms with Gasteiger partial charge in [0.1, 0.15) is 0 Å². The van der Waals surface area contributed by atoms with Gasteiger partial charge < -0.3 is 0 Å². The number of hydrogen-bond acceptors (Lipinski definition) is 2. The molecule has 1 heterocycles. The number of hydrogen-bond donors (Lipinski definition) is 1. The highest BCUT2D eigenvalue weighted by Crippen LogP contribution is 2.09. The van der Waals surface area contributed by atoms with E-state index in [1.54, 1.807) is 0 Å². The molecule has 0 bridgehead atoms. The Morgan fingerprint density at radius 2 is 1.90 bits per heavy atom. The fraction of sp³-hybridized carbons (Fsp3) is 0.667. The lowest BCUT2D eigenvalue weighted by Gasteiger charge is -2.15. The fourth-order valence-corrected chi connectivity index (χ4v) is 2.18. The van der Waals surface area contributed by atoms with Crippen LogP contribution < -0.4 is 4.72 Å². The van der Waals surface area contributed by atoms with Gasteiger partial charge in [-0.1, -0.05) is 11.1 Å². The molecule has 1 rings (SSSR count). The van der Waals surface area contributed by atoms with Crippen LogP contribution in [-0.2, 0) is 10.0 Å². The molecule has 1 N–H and O–H groups in total. The van der Waals surface area contributed by atoms with Crippen molar-refractivity contribution in [3.8, 4) is 0 Å². The van der Waals surface area contributed by atoms with E-state index in [1.165, 1.54) is 0 Å². The third-order valence-corrected chi connectivity index (χ3v) is 3.09. The standard InChI is InChI=1S/C6H11NO2S/c1-5-3-7-10(8,9)4-6(5)2/h7H,3-4H2,1-2H3. The third kappa shape index (κ3) is 1.58. The zero-order valence-corrected chi connectivity index (χ0v) is 6.96. The minimum atomic E-state index is -2.97. The van der Waals surface area contributed by atoms with Gasteiger partial charge in [0, 0.05) is 6.54 Å². The van der Waals surface area contributed by atoms with Crippen LogP contribution in [0.2, 0.25) is 0 Å². The Labute approximate surface area is 61.2 Å². The van der Waals surface area contributed by atoms with Crippen LogP contribution in [0, 0.1) is 0 Å². The zero-order valence-electron chi connectivity index (χ0n) is 6.14. The highest BCUT2D eigenvalue weighted by molar-refractivity contribution is 7.89. The maximum Gasteiger partial charge on any atom is 0.215 e. The molecule has 0 amide bonds. The Morgan fingerprint density at radius 3 is 2.30 bits per heavy atom. The molecule has 10 heavy (non-hydrogen) atoms. The Morgan fingerprint density at radius 1 is 1.30 bits per heavy atom. The van der Waals surface area contributed by atoms with Crippen molar-refractivity contribution in [3.05, 3.63) is 11.1 Å². The van der Waals surface area contributed by atoms with Crippen molar-refractivity contribution in [3.63, 3.8) is 0 Å². The number of rotatable bonds is 0. The molecule has 1 aliphatic rings. The molecule has 0 atom stereocenters. The van der Waals surface area contributed by atoms with Crippen LogP contribution in [0.5, 0.6) is 0 Å². The van der Waals surface area contributed by atoms with Crippen LogP contribution in [0.4, 0.5) is 0 Å². The molecule has 0 aliphatic carbocycles. The predicted octanol–water partition coefficient (Wildman–Crippen LogP) is 0.256. The van der Waals surface area contributed by atoms with Crippen LogP contribution in [-0.4, -0.2) is 20.7 Å². The largest absolute Gasteiger partial charge is 0.215 e. The molecule has 0 saturated heterocycles. The fourth-order valence-electron chi connectivity index (χ4n) is 0.828. The van der Waals surface area contributed by atoms with Crippen molar-refractivity contribution < 1.29 is 8.42 Å². The average Bonchev–Trinajstić information content (AvgIpc) is 1.79. The lowest BCUT2D eigenvalue weighted by atomic mass is 10.2.